The van der Waals surface area contributed by atoms with E-state index in [1.165, 1.54) is 80.9 Å². The topological polar surface area (TPSA) is 25.4 Å². The van der Waals surface area contributed by atoms with Gasteiger partial charge in [0.05, 0.1) is 11.2 Å². The second-order valence-corrected chi connectivity index (χ2v) is 12.9. The van der Waals surface area contributed by atoms with Gasteiger partial charge in [-0.2, -0.15) is 0 Å². The van der Waals surface area contributed by atoms with Crippen molar-refractivity contribution in [3.63, 3.8) is 0 Å². The number of fused-ring (bicyclic) bond motifs is 1. The highest BCUT2D eigenvalue weighted by atomic mass is 16.5. The predicted molar refractivity (Wildman–Crippen MR) is 139 cm³/mol. The number of ether oxygens (including phenoxy) is 1. The van der Waals surface area contributed by atoms with E-state index < -0.39 is 0 Å². The van der Waals surface area contributed by atoms with Crippen LogP contribution < -0.4 is 0 Å². The fourth-order valence-electron chi connectivity index (χ4n) is 9.18. The first-order chi connectivity index (χ1) is 16.3. The minimum Gasteiger partial charge on any atom is -0.359 e. The summed E-state index contributed by atoms with van der Waals surface area (Å²) in [6, 6.07) is 2.83. The quantitative estimate of drug-likeness (QED) is 0.491. The molecule has 3 heterocycles. The minimum atomic E-state index is -0.0164. The van der Waals surface area contributed by atoms with Gasteiger partial charge in [0.15, 0.2) is 0 Å². The Morgan fingerprint density at radius 2 is 2.06 bits per heavy atom. The fourth-order valence-corrected chi connectivity index (χ4v) is 9.18. The molecular formula is C31H44N2O. The summed E-state index contributed by atoms with van der Waals surface area (Å²) in [6.45, 7) is 7.40. The van der Waals surface area contributed by atoms with Gasteiger partial charge >= 0.3 is 0 Å². The zero-order chi connectivity index (χ0) is 23.7. The van der Waals surface area contributed by atoms with E-state index in [0.29, 0.717) is 17.4 Å². The van der Waals surface area contributed by atoms with Crippen molar-refractivity contribution in [3.05, 3.63) is 52.9 Å². The fraction of sp³-hybridized carbons (Fsp3) is 0.710. The van der Waals surface area contributed by atoms with Crippen molar-refractivity contribution in [2.24, 2.45) is 23.2 Å². The Morgan fingerprint density at radius 1 is 1.21 bits per heavy atom. The van der Waals surface area contributed by atoms with E-state index in [1.54, 1.807) is 5.57 Å². The van der Waals surface area contributed by atoms with Gasteiger partial charge in [-0.3, -0.25) is 4.98 Å². The third-order valence-corrected chi connectivity index (χ3v) is 11.2. The summed E-state index contributed by atoms with van der Waals surface area (Å²) in [5.74, 6) is 2.26. The van der Waals surface area contributed by atoms with Crippen LogP contribution in [0.1, 0.15) is 82.8 Å². The summed E-state index contributed by atoms with van der Waals surface area (Å²) >= 11 is 0. The average Bonchev–Trinajstić information content (AvgIpc) is 3.33. The summed E-state index contributed by atoms with van der Waals surface area (Å²) in [6.07, 6.45) is 21.7. The van der Waals surface area contributed by atoms with Crippen LogP contribution in [0.5, 0.6) is 0 Å². The Balaban J connectivity index is 1.25. The van der Waals surface area contributed by atoms with Crippen LogP contribution in [-0.2, 0) is 11.2 Å². The van der Waals surface area contributed by atoms with Crippen LogP contribution in [0.15, 0.2) is 41.8 Å². The highest BCUT2D eigenvalue weighted by molar-refractivity contribution is 5.47. The molecule has 2 aliphatic heterocycles. The van der Waals surface area contributed by atoms with Crippen LogP contribution in [0, 0.1) is 30.1 Å². The molecule has 34 heavy (non-hydrogen) atoms. The maximum absolute atomic E-state index is 7.44. The average molecular weight is 461 g/mol. The number of nitrogens with zero attached hydrogens (tertiary/aromatic N) is 2. The third kappa shape index (κ3) is 3.25. The first kappa shape index (κ1) is 23.0. The highest BCUT2D eigenvalue weighted by Gasteiger charge is 2.67. The zero-order valence-corrected chi connectivity index (χ0v) is 22.1. The maximum atomic E-state index is 7.44. The number of pyridine rings is 1. The molecule has 0 radical (unpaired) electrons. The van der Waals surface area contributed by atoms with Gasteiger partial charge in [0.1, 0.15) is 0 Å². The second-order valence-electron chi connectivity index (χ2n) is 12.9. The zero-order valence-electron chi connectivity index (χ0n) is 22.1. The van der Waals surface area contributed by atoms with Crippen LogP contribution in [0.4, 0.5) is 0 Å². The molecular weight excluding hydrogens is 416 g/mol. The molecule has 2 bridgehead atoms. The summed E-state index contributed by atoms with van der Waals surface area (Å²) in [7, 11) is 4.48. The molecule has 0 aromatic carbocycles. The van der Waals surface area contributed by atoms with E-state index in [2.05, 4.69) is 63.0 Å². The van der Waals surface area contributed by atoms with E-state index >= 15 is 0 Å². The summed E-state index contributed by atoms with van der Waals surface area (Å²) in [4.78, 5) is 6.71. The van der Waals surface area contributed by atoms with Crippen molar-refractivity contribution in [3.8, 4) is 0 Å². The van der Waals surface area contributed by atoms with E-state index in [9.17, 15) is 0 Å². The molecule has 1 aromatic rings. The molecule has 3 heteroatoms. The lowest BCUT2D eigenvalue weighted by atomic mass is 9.55. The van der Waals surface area contributed by atoms with E-state index in [1.807, 2.05) is 12.4 Å². The van der Waals surface area contributed by atoms with Crippen molar-refractivity contribution < 1.29 is 4.74 Å². The van der Waals surface area contributed by atoms with E-state index in [4.69, 9.17) is 4.74 Å². The summed E-state index contributed by atoms with van der Waals surface area (Å²) < 4.78 is 7.44. The predicted octanol–water partition coefficient (Wildman–Crippen LogP) is 6.66. The molecule has 2 spiro atoms. The molecule has 0 unspecified atom stereocenters. The van der Waals surface area contributed by atoms with Crippen LogP contribution in [0.2, 0.25) is 0 Å². The Kier molecular flexibility index (Phi) is 5.43. The number of aromatic nitrogens is 1. The van der Waals surface area contributed by atoms with Crippen molar-refractivity contribution in [2.75, 3.05) is 14.1 Å². The summed E-state index contributed by atoms with van der Waals surface area (Å²) in [5.41, 5.74) is 6.41. The van der Waals surface area contributed by atoms with E-state index in [-0.39, 0.29) is 11.2 Å². The Morgan fingerprint density at radius 3 is 2.85 bits per heavy atom. The SMILES string of the molecule is Cc1cnccc1CC[C@H](C)[C@H]1CC[C@@H]2[C@]1(C)CCC1=CC3=CC[C@@H](N(C)C)C[C@]34CC[C@@]12O4. The van der Waals surface area contributed by atoms with Gasteiger partial charge in [0, 0.05) is 18.4 Å². The van der Waals surface area contributed by atoms with Crippen LogP contribution in [-0.4, -0.2) is 41.2 Å². The second kappa shape index (κ2) is 8.03. The van der Waals surface area contributed by atoms with Crippen molar-refractivity contribution in [1.82, 2.24) is 9.88 Å². The van der Waals surface area contributed by atoms with Gasteiger partial charge in [0.25, 0.3) is 0 Å². The van der Waals surface area contributed by atoms with Crippen LogP contribution in [0.25, 0.3) is 0 Å². The lowest BCUT2D eigenvalue weighted by Gasteiger charge is -2.56. The van der Waals surface area contributed by atoms with Gasteiger partial charge in [-0.05, 0) is 137 Å². The standard InChI is InChI=1S/C31H44N2O/c1-21(6-7-23-13-17-32-20-22(23)2)27-10-11-28-29(27,3)14-12-25-18-24-8-9-26(33(4)5)19-30(24)15-16-31(25,28)34-30/h8,13,17-18,20-21,26-28H,6-7,9-12,14-16,19H2,1-5H3/t21-,26+,27+,28+,29+,30+,31+/m0/s1. The van der Waals surface area contributed by atoms with Crippen molar-refractivity contribution in [1.29, 1.82) is 0 Å². The number of hydrogen-bond donors (Lipinski definition) is 0. The molecule has 1 saturated heterocycles. The first-order valence-electron chi connectivity index (χ1n) is 14.0. The lowest BCUT2D eigenvalue weighted by Crippen LogP contribution is -2.56. The Hall–Kier alpha value is -1.45. The van der Waals surface area contributed by atoms with Crippen LogP contribution >= 0.6 is 0 Å². The smallest absolute Gasteiger partial charge is 0.0956 e. The van der Waals surface area contributed by atoms with Crippen LogP contribution in [0.3, 0.4) is 0 Å². The molecule has 7 atom stereocenters. The Bertz CT molecular complexity index is 1030. The van der Waals surface area contributed by atoms with Gasteiger partial charge in [0.2, 0.25) is 0 Å². The van der Waals surface area contributed by atoms with Crippen molar-refractivity contribution >= 4 is 0 Å². The molecule has 5 aliphatic rings. The normalized spacial score (nSPS) is 41.4. The van der Waals surface area contributed by atoms with Gasteiger partial charge < -0.3 is 9.64 Å². The molecule has 184 valence electrons. The minimum absolute atomic E-state index is 0.0164. The molecule has 0 amide bonds. The monoisotopic (exact) mass is 460 g/mol. The lowest BCUT2D eigenvalue weighted by molar-refractivity contribution is -0.149. The number of hydrogen-bond acceptors (Lipinski definition) is 3. The molecule has 2 saturated carbocycles. The van der Waals surface area contributed by atoms with Crippen molar-refractivity contribution in [2.45, 2.75) is 102 Å². The molecule has 6 rings (SSSR count). The molecule has 1 aromatic heterocycles. The maximum Gasteiger partial charge on any atom is 0.0956 e. The van der Waals surface area contributed by atoms with Gasteiger partial charge in [-0.25, -0.2) is 0 Å². The largest absolute Gasteiger partial charge is 0.359 e. The van der Waals surface area contributed by atoms with Gasteiger partial charge in [-0.1, -0.05) is 26.0 Å². The molecule has 3 aliphatic carbocycles. The third-order valence-electron chi connectivity index (χ3n) is 11.2. The highest BCUT2D eigenvalue weighted by Crippen LogP contribution is 2.69. The van der Waals surface area contributed by atoms with E-state index in [0.717, 1.165) is 11.8 Å². The Labute approximate surface area is 207 Å². The molecule has 3 fully saturated rings. The summed E-state index contributed by atoms with van der Waals surface area (Å²) in [5, 5.41) is 0. The number of aryl methyl sites for hydroxylation is 2. The van der Waals surface area contributed by atoms with Gasteiger partial charge in [-0.15, -0.1) is 0 Å². The first-order valence-corrected chi connectivity index (χ1v) is 14.0. The number of rotatable bonds is 5. The molecule has 3 nitrogen and oxygen atoms in total. The molecule has 0 N–H and O–H groups in total.